The summed E-state index contributed by atoms with van der Waals surface area (Å²) in [4.78, 5) is 44.5. The molecule has 198 valence electrons. The predicted molar refractivity (Wildman–Crippen MR) is 147 cm³/mol. The molecule has 0 aliphatic rings. The molecule has 0 unspecified atom stereocenters. The molecule has 0 saturated heterocycles. The number of fused-ring (bicyclic) bond motifs is 1. The van der Waals surface area contributed by atoms with Crippen molar-refractivity contribution >= 4 is 39.3 Å². The molecule has 2 rings (SSSR count). The number of hydrogen-bond acceptors (Lipinski definition) is 6. The van der Waals surface area contributed by atoms with Crippen molar-refractivity contribution in [3.63, 3.8) is 0 Å². The summed E-state index contributed by atoms with van der Waals surface area (Å²) in [6.45, 7) is 8.93. The highest BCUT2D eigenvalue weighted by atomic mass is 32.1. The Kier molecular flexibility index (Phi) is 12.0. The standard InChI is InChI=1S/C27H41N5O3S/c1-7-18(4)22(17-28-25(34)11-10-14-32(5)6)31-27(35)21(29-24(33)9-3)16-26-30-20-13-12-19(8-2)15-23(20)36-26/h10-13,15,18,21-22H,7-9,14,16-17H2,1-6H3,(H,28,34)(H,29,33)(H,31,35)/b11-10+/t18-,21-,22+/m0/s1. The molecule has 1 heterocycles. The molecule has 0 fully saturated rings. The van der Waals surface area contributed by atoms with Gasteiger partial charge in [-0.1, -0.05) is 46.3 Å². The molecule has 1 aromatic carbocycles. The SMILES string of the molecule is CCC(=O)N[C@@H](Cc1nc2ccc(CC)cc2s1)C(=O)N[C@H](CNC(=O)/C=C/CN(C)C)[C@@H](C)CC. The minimum absolute atomic E-state index is 0.137. The largest absolute Gasteiger partial charge is 0.350 e. The summed E-state index contributed by atoms with van der Waals surface area (Å²) < 4.78 is 1.08. The van der Waals surface area contributed by atoms with Gasteiger partial charge < -0.3 is 20.9 Å². The second-order valence-corrected chi connectivity index (χ2v) is 10.5. The maximum Gasteiger partial charge on any atom is 0.243 e. The van der Waals surface area contributed by atoms with Crippen LogP contribution < -0.4 is 16.0 Å². The van der Waals surface area contributed by atoms with Crippen molar-refractivity contribution in [1.82, 2.24) is 25.8 Å². The second-order valence-electron chi connectivity index (χ2n) is 9.35. The van der Waals surface area contributed by atoms with Gasteiger partial charge in [0.05, 0.1) is 15.2 Å². The van der Waals surface area contributed by atoms with Gasteiger partial charge in [-0.15, -0.1) is 11.3 Å². The van der Waals surface area contributed by atoms with E-state index in [2.05, 4.69) is 35.0 Å². The van der Waals surface area contributed by atoms with E-state index in [1.165, 1.54) is 11.6 Å². The van der Waals surface area contributed by atoms with Gasteiger partial charge >= 0.3 is 0 Å². The number of aryl methyl sites for hydroxylation is 1. The fraction of sp³-hybridized carbons (Fsp3) is 0.556. The number of nitrogens with one attached hydrogen (secondary N) is 3. The molecule has 0 aliphatic carbocycles. The van der Waals surface area contributed by atoms with E-state index < -0.39 is 6.04 Å². The van der Waals surface area contributed by atoms with E-state index in [-0.39, 0.29) is 36.1 Å². The van der Waals surface area contributed by atoms with Crippen LogP contribution in [0.25, 0.3) is 10.2 Å². The zero-order chi connectivity index (χ0) is 26.7. The zero-order valence-corrected chi connectivity index (χ0v) is 23.2. The number of hydrogen-bond donors (Lipinski definition) is 3. The van der Waals surface area contributed by atoms with Crippen LogP contribution in [0.3, 0.4) is 0 Å². The molecule has 3 atom stereocenters. The van der Waals surface area contributed by atoms with Crippen LogP contribution in [-0.4, -0.2) is 66.9 Å². The molecule has 1 aromatic heterocycles. The van der Waals surface area contributed by atoms with Gasteiger partial charge in [0, 0.05) is 38.0 Å². The van der Waals surface area contributed by atoms with Crippen molar-refractivity contribution in [1.29, 1.82) is 0 Å². The number of amides is 3. The van der Waals surface area contributed by atoms with Crippen molar-refractivity contribution in [3.8, 4) is 0 Å². The Morgan fingerprint density at radius 1 is 1.14 bits per heavy atom. The summed E-state index contributed by atoms with van der Waals surface area (Å²) in [5, 5.41) is 9.63. The van der Waals surface area contributed by atoms with Gasteiger partial charge in [0.15, 0.2) is 0 Å². The first-order chi connectivity index (χ1) is 17.2. The number of rotatable bonds is 14. The fourth-order valence-corrected chi connectivity index (χ4v) is 4.68. The average Bonchev–Trinajstić information content (AvgIpc) is 3.26. The Morgan fingerprint density at radius 3 is 2.53 bits per heavy atom. The number of likely N-dealkylation sites (N-methyl/N-ethyl adjacent to an activating group) is 1. The molecule has 0 radical (unpaired) electrons. The van der Waals surface area contributed by atoms with Crippen LogP contribution in [0.4, 0.5) is 0 Å². The van der Waals surface area contributed by atoms with Gasteiger partial charge in [0.1, 0.15) is 6.04 Å². The van der Waals surface area contributed by atoms with Crippen LogP contribution in [0.5, 0.6) is 0 Å². The molecular weight excluding hydrogens is 474 g/mol. The van der Waals surface area contributed by atoms with Crippen molar-refractivity contribution in [3.05, 3.63) is 40.9 Å². The van der Waals surface area contributed by atoms with Gasteiger partial charge in [-0.05, 0) is 44.1 Å². The quantitative estimate of drug-likeness (QED) is 0.336. The van der Waals surface area contributed by atoms with Gasteiger partial charge in [0.2, 0.25) is 17.7 Å². The monoisotopic (exact) mass is 515 g/mol. The Labute approximate surface area is 218 Å². The third kappa shape index (κ3) is 9.35. The summed E-state index contributed by atoms with van der Waals surface area (Å²) in [6, 6.07) is 5.19. The highest BCUT2D eigenvalue weighted by molar-refractivity contribution is 7.18. The van der Waals surface area contributed by atoms with Crippen molar-refractivity contribution < 1.29 is 14.4 Å². The first kappa shape index (κ1) is 29.5. The topological polar surface area (TPSA) is 103 Å². The Bertz CT molecular complexity index is 1050. The van der Waals surface area contributed by atoms with E-state index in [0.29, 0.717) is 19.5 Å². The van der Waals surface area contributed by atoms with Crippen LogP contribution in [0, 0.1) is 5.92 Å². The Hall–Kier alpha value is -2.78. The lowest BCUT2D eigenvalue weighted by atomic mass is 9.98. The molecular formula is C27H41N5O3S. The predicted octanol–water partition coefficient (Wildman–Crippen LogP) is 3.06. The zero-order valence-electron chi connectivity index (χ0n) is 22.4. The fourth-order valence-electron chi connectivity index (χ4n) is 3.61. The maximum atomic E-state index is 13.4. The number of aromatic nitrogens is 1. The molecule has 3 amide bonds. The first-order valence-electron chi connectivity index (χ1n) is 12.7. The molecule has 0 aliphatic heterocycles. The molecule has 0 bridgehead atoms. The molecule has 3 N–H and O–H groups in total. The van der Waals surface area contributed by atoms with Gasteiger partial charge in [-0.2, -0.15) is 0 Å². The van der Waals surface area contributed by atoms with Crippen LogP contribution in [0.1, 0.15) is 51.1 Å². The summed E-state index contributed by atoms with van der Waals surface area (Å²) >= 11 is 1.55. The lowest BCUT2D eigenvalue weighted by molar-refractivity contribution is -0.129. The van der Waals surface area contributed by atoms with Crippen LogP contribution in [0.15, 0.2) is 30.4 Å². The highest BCUT2D eigenvalue weighted by Gasteiger charge is 2.27. The minimum atomic E-state index is -0.745. The number of carbonyl (C=O) groups is 3. The molecule has 8 nitrogen and oxygen atoms in total. The highest BCUT2D eigenvalue weighted by Crippen LogP contribution is 2.24. The summed E-state index contributed by atoms with van der Waals surface area (Å²) in [7, 11) is 3.86. The molecule has 36 heavy (non-hydrogen) atoms. The van der Waals surface area contributed by atoms with Gasteiger partial charge in [-0.25, -0.2) is 4.98 Å². The van der Waals surface area contributed by atoms with Crippen LogP contribution in [-0.2, 0) is 27.2 Å². The van der Waals surface area contributed by atoms with Crippen molar-refractivity contribution in [2.45, 2.75) is 65.5 Å². The summed E-state index contributed by atoms with van der Waals surface area (Å²) in [5.74, 6) is -0.523. The molecule has 0 saturated carbocycles. The summed E-state index contributed by atoms with van der Waals surface area (Å²) in [6.07, 6.45) is 5.68. The van der Waals surface area contributed by atoms with E-state index in [0.717, 1.165) is 28.1 Å². The maximum absolute atomic E-state index is 13.4. The van der Waals surface area contributed by atoms with E-state index in [1.54, 1.807) is 24.3 Å². The van der Waals surface area contributed by atoms with Crippen molar-refractivity contribution in [2.75, 3.05) is 27.2 Å². The Morgan fingerprint density at radius 2 is 1.89 bits per heavy atom. The first-order valence-corrected chi connectivity index (χ1v) is 13.6. The second kappa shape index (κ2) is 14.7. The number of nitrogens with zero attached hydrogens (tertiary/aromatic N) is 2. The van der Waals surface area contributed by atoms with E-state index in [4.69, 9.17) is 4.98 Å². The minimum Gasteiger partial charge on any atom is -0.350 e. The van der Waals surface area contributed by atoms with Crippen molar-refractivity contribution in [2.24, 2.45) is 5.92 Å². The molecule has 9 heteroatoms. The normalized spacial score (nSPS) is 14.1. The third-order valence-corrected chi connectivity index (χ3v) is 7.19. The lowest BCUT2D eigenvalue weighted by Gasteiger charge is -2.27. The van der Waals surface area contributed by atoms with E-state index in [9.17, 15) is 14.4 Å². The van der Waals surface area contributed by atoms with Crippen LogP contribution in [0.2, 0.25) is 0 Å². The Balaban J connectivity index is 2.13. The lowest BCUT2D eigenvalue weighted by Crippen LogP contribution is -2.54. The number of carbonyl (C=O) groups excluding carboxylic acids is 3. The van der Waals surface area contributed by atoms with Gasteiger partial charge in [-0.3, -0.25) is 14.4 Å². The van der Waals surface area contributed by atoms with E-state index in [1.807, 2.05) is 38.9 Å². The van der Waals surface area contributed by atoms with E-state index >= 15 is 0 Å². The smallest absolute Gasteiger partial charge is 0.243 e. The van der Waals surface area contributed by atoms with Crippen LogP contribution >= 0.6 is 11.3 Å². The third-order valence-electron chi connectivity index (χ3n) is 6.15. The average molecular weight is 516 g/mol. The molecule has 2 aromatic rings. The molecule has 0 spiro atoms. The van der Waals surface area contributed by atoms with Gasteiger partial charge in [0.25, 0.3) is 0 Å². The number of benzene rings is 1. The number of thiazole rings is 1. The summed E-state index contributed by atoms with van der Waals surface area (Å²) in [5.41, 5.74) is 2.14.